The van der Waals surface area contributed by atoms with Crippen molar-refractivity contribution in [3.63, 3.8) is 0 Å². The molecule has 0 aromatic carbocycles. The molecule has 0 saturated heterocycles. The quantitative estimate of drug-likeness (QED) is 0.686. The number of nitro groups is 1. The average molecular weight is 328 g/mol. The van der Waals surface area contributed by atoms with Gasteiger partial charge in [0.2, 0.25) is 0 Å². The first kappa shape index (κ1) is 13.0. The molecule has 2 aromatic heterocycles. The first-order chi connectivity index (χ1) is 8.58. The van der Waals surface area contributed by atoms with Gasteiger partial charge in [-0.05, 0) is 39.9 Å². The fraction of sp³-hybridized carbons (Fsp3) is 0.182. The molecular formula is C11H10BrN3O2S. The average Bonchev–Trinajstić information content (AvgIpc) is 2.73. The molecule has 0 bridgehead atoms. The molecule has 0 saturated carbocycles. The summed E-state index contributed by atoms with van der Waals surface area (Å²) >= 11 is 5.09. The van der Waals surface area contributed by atoms with Crippen molar-refractivity contribution in [3.05, 3.63) is 48.7 Å². The van der Waals surface area contributed by atoms with E-state index in [1.54, 1.807) is 18.3 Å². The number of pyridine rings is 1. The Morgan fingerprint density at radius 1 is 1.61 bits per heavy atom. The van der Waals surface area contributed by atoms with Crippen LogP contribution < -0.4 is 5.32 Å². The second-order valence-corrected chi connectivity index (χ2v) is 5.52. The zero-order valence-corrected chi connectivity index (χ0v) is 11.9. The highest BCUT2D eigenvalue weighted by molar-refractivity contribution is 9.10. The number of nitrogens with one attached hydrogen (secondary N) is 1. The Hall–Kier alpha value is -1.47. The standard InChI is InChI=1S/C11H10BrN3O2S/c1-7-4-8(15(16)17)5-13-11(7)14-6-10-9(12)2-3-18-10/h2-5H,6H2,1H3,(H,13,14). The van der Waals surface area contributed by atoms with E-state index in [-0.39, 0.29) is 5.69 Å². The normalized spacial score (nSPS) is 10.3. The summed E-state index contributed by atoms with van der Waals surface area (Å²) in [6.45, 7) is 2.44. The van der Waals surface area contributed by atoms with Crippen LogP contribution in [0.4, 0.5) is 11.5 Å². The number of thiophene rings is 1. The minimum atomic E-state index is -0.445. The van der Waals surface area contributed by atoms with Crippen LogP contribution in [-0.2, 0) is 6.54 Å². The van der Waals surface area contributed by atoms with E-state index in [1.165, 1.54) is 12.3 Å². The van der Waals surface area contributed by atoms with Gasteiger partial charge in [0, 0.05) is 15.4 Å². The second-order valence-electron chi connectivity index (χ2n) is 3.66. The van der Waals surface area contributed by atoms with Crippen molar-refractivity contribution in [1.29, 1.82) is 0 Å². The molecule has 94 valence electrons. The maximum Gasteiger partial charge on any atom is 0.287 e. The predicted octanol–water partition coefficient (Wildman–Crippen LogP) is 3.73. The summed E-state index contributed by atoms with van der Waals surface area (Å²) in [6, 6.07) is 3.50. The molecule has 1 N–H and O–H groups in total. The van der Waals surface area contributed by atoms with Crippen molar-refractivity contribution in [2.24, 2.45) is 0 Å². The van der Waals surface area contributed by atoms with Crippen LogP contribution in [0.25, 0.3) is 0 Å². The lowest BCUT2D eigenvalue weighted by Crippen LogP contribution is -2.03. The number of hydrogen-bond donors (Lipinski definition) is 1. The maximum absolute atomic E-state index is 10.6. The van der Waals surface area contributed by atoms with Gasteiger partial charge in [-0.15, -0.1) is 11.3 Å². The molecule has 18 heavy (non-hydrogen) atoms. The predicted molar refractivity (Wildman–Crippen MR) is 75.0 cm³/mol. The van der Waals surface area contributed by atoms with Crippen molar-refractivity contribution in [2.45, 2.75) is 13.5 Å². The van der Waals surface area contributed by atoms with Crippen LogP contribution in [0.2, 0.25) is 0 Å². The van der Waals surface area contributed by atoms with Crippen LogP contribution >= 0.6 is 27.3 Å². The van der Waals surface area contributed by atoms with E-state index in [4.69, 9.17) is 0 Å². The van der Waals surface area contributed by atoms with E-state index in [9.17, 15) is 10.1 Å². The lowest BCUT2D eigenvalue weighted by molar-refractivity contribution is -0.385. The summed E-state index contributed by atoms with van der Waals surface area (Å²) in [5.74, 6) is 0.668. The van der Waals surface area contributed by atoms with Gasteiger partial charge in [0.05, 0.1) is 11.5 Å². The molecule has 0 amide bonds. The monoisotopic (exact) mass is 327 g/mol. The molecule has 0 aliphatic carbocycles. The van der Waals surface area contributed by atoms with Gasteiger partial charge in [0.15, 0.2) is 0 Å². The summed E-state index contributed by atoms with van der Waals surface area (Å²) in [6.07, 6.45) is 1.26. The van der Waals surface area contributed by atoms with Gasteiger partial charge in [0.1, 0.15) is 12.0 Å². The van der Waals surface area contributed by atoms with E-state index in [0.717, 1.165) is 14.9 Å². The lowest BCUT2D eigenvalue weighted by atomic mass is 10.2. The van der Waals surface area contributed by atoms with Gasteiger partial charge < -0.3 is 5.32 Å². The minimum absolute atomic E-state index is 0.00959. The minimum Gasteiger partial charge on any atom is -0.365 e. The molecule has 2 heterocycles. The van der Waals surface area contributed by atoms with E-state index in [0.29, 0.717) is 12.4 Å². The third kappa shape index (κ3) is 2.85. The number of hydrogen-bond acceptors (Lipinski definition) is 5. The third-order valence-corrected chi connectivity index (χ3v) is 4.31. The summed E-state index contributed by atoms with van der Waals surface area (Å²) in [5.41, 5.74) is 0.771. The Labute approximate surface area is 116 Å². The van der Waals surface area contributed by atoms with E-state index >= 15 is 0 Å². The molecule has 0 unspecified atom stereocenters. The van der Waals surface area contributed by atoms with Gasteiger partial charge in [-0.2, -0.15) is 0 Å². The van der Waals surface area contributed by atoms with Crippen LogP contribution in [0.15, 0.2) is 28.2 Å². The molecule has 7 heteroatoms. The Morgan fingerprint density at radius 3 is 2.94 bits per heavy atom. The first-order valence-electron chi connectivity index (χ1n) is 5.14. The van der Waals surface area contributed by atoms with Gasteiger partial charge in [-0.3, -0.25) is 10.1 Å². The van der Waals surface area contributed by atoms with Crippen LogP contribution in [0.3, 0.4) is 0 Å². The molecule has 0 atom stereocenters. The number of halogens is 1. The zero-order chi connectivity index (χ0) is 13.1. The first-order valence-corrected chi connectivity index (χ1v) is 6.82. The van der Waals surface area contributed by atoms with Crippen molar-refractivity contribution >= 4 is 38.8 Å². The molecule has 0 fully saturated rings. The van der Waals surface area contributed by atoms with Crippen LogP contribution in [0.1, 0.15) is 10.4 Å². The Bertz CT molecular complexity index is 585. The summed E-state index contributed by atoms with van der Waals surface area (Å²) in [7, 11) is 0. The topological polar surface area (TPSA) is 68.1 Å². The Kier molecular flexibility index (Phi) is 3.93. The van der Waals surface area contributed by atoms with Crippen LogP contribution in [0, 0.1) is 17.0 Å². The smallest absolute Gasteiger partial charge is 0.287 e. The Morgan fingerprint density at radius 2 is 2.39 bits per heavy atom. The third-order valence-electron chi connectivity index (χ3n) is 2.38. The molecule has 5 nitrogen and oxygen atoms in total. The molecule has 0 aliphatic heterocycles. The zero-order valence-electron chi connectivity index (χ0n) is 9.51. The maximum atomic E-state index is 10.6. The Balaban J connectivity index is 2.11. The van der Waals surface area contributed by atoms with Crippen molar-refractivity contribution in [2.75, 3.05) is 5.32 Å². The SMILES string of the molecule is Cc1cc([N+](=O)[O-])cnc1NCc1sccc1Br. The molecular weight excluding hydrogens is 318 g/mol. The van der Waals surface area contributed by atoms with Crippen molar-refractivity contribution < 1.29 is 4.92 Å². The highest BCUT2D eigenvalue weighted by Gasteiger charge is 2.09. The fourth-order valence-corrected chi connectivity index (χ4v) is 2.89. The van der Waals surface area contributed by atoms with E-state index < -0.39 is 4.92 Å². The van der Waals surface area contributed by atoms with Gasteiger partial charge in [-0.1, -0.05) is 0 Å². The van der Waals surface area contributed by atoms with Crippen LogP contribution in [0.5, 0.6) is 0 Å². The number of anilines is 1. The fourth-order valence-electron chi connectivity index (χ4n) is 1.46. The second kappa shape index (κ2) is 5.45. The van der Waals surface area contributed by atoms with E-state index in [1.807, 2.05) is 11.4 Å². The summed E-state index contributed by atoms with van der Waals surface area (Å²) in [4.78, 5) is 15.4. The highest BCUT2D eigenvalue weighted by Crippen LogP contribution is 2.24. The molecule has 0 aliphatic rings. The number of aryl methyl sites for hydroxylation is 1. The van der Waals surface area contributed by atoms with Gasteiger partial charge in [-0.25, -0.2) is 4.98 Å². The lowest BCUT2D eigenvalue weighted by Gasteiger charge is -2.07. The largest absolute Gasteiger partial charge is 0.365 e. The summed E-state index contributed by atoms with van der Waals surface area (Å²) < 4.78 is 1.06. The van der Waals surface area contributed by atoms with Crippen molar-refractivity contribution in [3.8, 4) is 0 Å². The van der Waals surface area contributed by atoms with Gasteiger partial charge in [0.25, 0.3) is 5.69 Å². The van der Waals surface area contributed by atoms with Gasteiger partial charge >= 0.3 is 0 Å². The molecule has 0 radical (unpaired) electrons. The highest BCUT2D eigenvalue weighted by atomic mass is 79.9. The number of nitrogens with zero attached hydrogens (tertiary/aromatic N) is 2. The molecule has 0 spiro atoms. The number of rotatable bonds is 4. The summed E-state index contributed by atoms with van der Waals surface area (Å²) in [5, 5.41) is 15.8. The van der Waals surface area contributed by atoms with Crippen molar-refractivity contribution in [1.82, 2.24) is 4.98 Å². The van der Waals surface area contributed by atoms with Crippen LogP contribution in [-0.4, -0.2) is 9.91 Å². The molecule has 2 rings (SSSR count). The van der Waals surface area contributed by atoms with E-state index in [2.05, 4.69) is 26.2 Å². The number of aromatic nitrogens is 1. The molecule has 2 aromatic rings.